The molecule has 0 radical (unpaired) electrons. The lowest BCUT2D eigenvalue weighted by molar-refractivity contribution is 0.163. The molecule has 0 amide bonds. The maximum absolute atomic E-state index is 6.51. The maximum atomic E-state index is 6.51. The summed E-state index contributed by atoms with van der Waals surface area (Å²) in [6.07, 6.45) is 2.28. The van der Waals surface area contributed by atoms with Crippen molar-refractivity contribution in [2.75, 3.05) is 20.2 Å². The van der Waals surface area contributed by atoms with Crippen molar-refractivity contribution < 1.29 is 4.74 Å². The zero-order chi connectivity index (χ0) is 14.7. The SMILES string of the molecule is CCC(C)CN(CC)C1Cc2ccc(OC)cc2C1N. The van der Waals surface area contributed by atoms with Crippen molar-refractivity contribution in [3.05, 3.63) is 29.3 Å². The van der Waals surface area contributed by atoms with E-state index < -0.39 is 0 Å². The first-order valence-electron chi connectivity index (χ1n) is 7.77. The van der Waals surface area contributed by atoms with Gasteiger partial charge < -0.3 is 10.5 Å². The van der Waals surface area contributed by atoms with Crippen LogP contribution in [-0.4, -0.2) is 31.1 Å². The van der Waals surface area contributed by atoms with Gasteiger partial charge in [0.2, 0.25) is 0 Å². The van der Waals surface area contributed by atoms with Crippen molar-refractivity contribution in [1.29, 1.82) is 0 Å². The second kappa shape index (κ2) is 6.59. The Labute approximate surface area is 123 Å². The van der Waals surface area contributed by atoms with Gasteiger partial charge in [-0.3, -0.25) is 4.90 Å². The molecule has 112 valence electrons. The molecule has 0 spiro atoms. The minimum Gasteiger partial charge on any atom is -0.497 e. The van der Waals surface area contributed by atoms with E-state index in [1.54, 1.807) is 7.11 Å². The van der Waals surface area contributed by atoms with Crippen LogP contribution in [0.2, 0.25) is 0 Å². The molecule has 0 heterocycles. The van der Waals surface area contributed by atoms with E-state index in [1.165, 1.54) is 17.5 Å². The van der Waals surface area contributed by atoms with Crippen LogP contribution in [0.5, 0.6) is 5.75 Å². The third kappa shape index (κ3) is 2.99. The average Bonchev–Trinajstić information content (AvgIpc) is 2.81. The third-order valence-corrected chi connectivity index (χ3v) is 4.67. The molecule has 0 bridgehead atoms. The Morgan fingerprint density at radius 2 is 2.15 bits per heavy atom. The number of fused-ring (bicyclic) bond motifs is 1. The highest BCUT2D eigenvalue weighted by atomic mass is 16.5. The highest BCUT2D eigenvalue weighted by Crippen LogP contribution is 2.35. The number of likely N-dealkylation sites (N-methyl/N-ethyl adjacent to an activating group) is 1. The van der Waals surface area contributed by atoms with E-state index >= 15 is 0 Å². The topological polar surface area (TPSA) is 38.5 Å². The fourth-order valence-corrected chi connectivity index (χ4v) is 3.14. The minimum absolute atomic E-state index is 0.101. The number of nitrogens with two attached hydrogens (primary N) is 1. The van der Waals surface area contributed by atoms with Gasteiger partial charge in [-0.15, -0.1) is 0 Å². The Morgan fingerprint density at radius 3 is 2.75 bits per heavy atom. The summed E-state index contributed by atoms with van der Waals surface area (Å²) in [6, 6.07) is 6.85. The summed E-state index contributed by atoms with van der Waals surface area (Å²) in [6.45, 7) is 9.01. The second-order valence-electron chi connectivity index (χ2n) is 5.96. The first-order valence-corrected chi connectivity index (χ1v) is 7.77. The molecule has 3 nitrogen and oxygen atoms in total. The second-order valence-corrected chi connectivity index (χ2v) is 5.96. The predicted octanol–water partition coefficient (Wildman–Crippen LogP) is 2.99. The minimum atomic E-state index is 0.101. The van der Waals surface area contributed by atoms with Crippen LogP contribution in [0.3, 0.4) is 0 Å². The van der Waals surface area contributed by atoms with Crippen molar-refractivity contribution in [2.24, 2.45) is 11.7 Å². The molecule has 20 heavy (non-hydrogen) atoms. The Bertz CT molecular complexity index is 447. The highest BCUT2D eigenvalue weighted by molar-refractivity contribution is 5.42. The largest absolute Gasteiger partial charge is 0.497 e. The van der Waals surface area contributed by atoms with Crippen molar-refractivity contribution >= 4 is 0 Å². The molecule has 0 aliphatic heterocycles. The average molecular weight is 276 g/mol. The van der Waals surface area contributed by atoms with E-state index in [2.05, 4.69) is 37.8 Å². The fourth-order valence-electron chi connectivity index (χ4n) is 3.14. The molecular formula is C17H28N2O. The standard InChI is InChI=1S/C17H28N2O/c1-5-12(3)11-19(6-2)16-9-13-7-8-14(20-4)10-15(13)17(16)18/h7-8,10,12,16-17H,5-6,9,11,18H2,1-4H3. The van der Waals surface area contributed by atoms with Crippen LogP contribution in [0.15, 0.2) is 18.2 Å². The molecule has 2 rings (SSSR count). The van der Waals surface area contributed by atoms with E-state index in [0.29, 0.717) is 6.04 Å². The maximum Gasteiger partial charge on any atom is 0.119 e. The van der Waals surface area contributed by atoms with Gasteiger partial charge in [0.25, 0.3) is 0 Å². The number of benzene rings is 1. The monoisotopic (exact) mass is 276 g/mol. The molecule has 3 atom stereocenters. The number of ether oxygens (including phenoxy) is 1. The van der Waals surface area contributed by atoms with E-state index in [1.807, 2.05) is 6.07 Å². The molecule has 0 saturated carbocycles. The van der Waals surface area contributed by atoms with Gasteiger partial charge in [-0.25, -0.2) is 0 Å². The van der Waals surface area contributed by atoms with Gasteiger partial charge in [0, 0.05) is 18.6 Å². The van der Waals surface area contributed by atoms with Crippen LogP contribution in [-0.2, 0) is 6.42 Å². The van der Waals surface area contributed by atoms with E-state index in [9.17, 15) is 0 Å². The number of hydrogen-bond acceptors (Lipinski definition) is 3. The smallest absolute Gasteiger partial charge is 0.119 e. The first kappa shape index (κ1) is 15.3. The van der Waals surface area contributed by atoms with Gasteiger partial charge in [0.15, 0.2) is 0 Å². The molecule has 0 saturated heterocycles. The van der Waals surface area contributed by atoms with E-state index in [4.69, 9.17) is 10.5 Å². The summed E-state index contributed by atoms with van der Waals surface area (Å²) in [4.78, 5) is 2.55. The van der Waals surface area contributed by atoms with Crippen molar-refractivity contribution in [2.45, 2.75) is 45.7 Å². The van der Waals surface area contributed by atoms with Crippen molar-refractivity contribution in [1.82, 2.24) is 4.90 Å². The summed E-state index contributed by atoms with van der Waals surface area (Å²) in [7, 11) is 1.71. The molecule has 3 heteroatoms. The lowest BCUT2D eigenvalue weighted by Crippen LogP contribution is -2.43. The molecule has 3 unspecified atom stereocenters. The number of rotatable bonds is 6. The van der Waals surface area contributed by atoms with E-state index in [0.717, 1.165) is 31.2 Å². The summed E-state index contributed by atoms with van der Waals surface area (Å²) < 4.78 is 5.32. The highest BCUT2D eigenvalue weighted by Gasteiger charge is 2.33. The summed E-state index contributed by atoms with van der Waals surface area (Å²) in [5, 5.41) is 0. The van der Waals surface area contributed by atoms with Gasteiger partial charge in [-0.2, -0.15) is 0 Å². The zero-order valence-electron chi connectivity index (χ0n) is 13.2. The van der Waals surface area contributed by atoms with Gasteiger partial charge in [-0.1, -0.05) is 33.3 Å². The molecule has 1 aliphatic carbocycles. The number of hydrogen-bond donors (Lipinski definition) is 1. The molecule has 0 aromatic heterocycles. The Morgan fingerprint density at radius 1 is 1.40 bits per heavy atom. The van der Waals surface area contributed by atoms with Crippen molar-refractivity contribution in [3.8, 4) is 5.75 Å². The van der Waals surface area contributed by atoms with Crippen LogP contribution in [0.1, 0.15) is 44.4 Å². The molecule has 1 aliphatic rings. The summed E-state index contributed by atoms with van der Waals surface area (Å²) in [5.41, 5.74) is 9.15. The lowest BCUT2D eigenvalue weighted by Gasteiger charge is -2.32. The van der Waals surface area contributed by atoms with Crippen LogP contribution in [0.25, 0.3) is 0 Å². The predicted molar refractivity (Wildman–Crippen MR) is 84.1 cm³/mol. The first-order chi connectivity index (χ1) is 9.60. The number of methoxy groups -OCH3 is 1. The van der Waals surface area contributed by atoms with Gasteiger partial charge in [0.05, 0.1) is 7.11 Å². The zero-order valence-corrected chi connectivity index (χ0v) is 13.2. The van der Waals surface area contributed by atoms with Crippen LogP contribution >= 0.6 is 0 Å². The normalized spacial score (nSPS) is 22.9. The lowest BCUT2D eigenvalue weighted by atomic mass is 10.0. The fraction of sp³-hybridized carbons (Fsp3) is 0.647. The van der Waals surface area contributed by atoms with Crippen LogP contribution < -0.4 is 10.5 Å². The van der Waals surface area contributed by atoms with Crippen molar-refractivity contribution in [3.63, 3.8) is 0 Å². The third-order valence-electron chi connectivity index (χ3n) is 4.67. The van der Waals surface area contributed by atoms with Gasteiger partial charge in [0.1, 0.15) is 5.75 Å². The Kier molecular flexibility index (Phi) is 5.06. The summed E-state index contributed by atoms with van der Waals surface area (Å²) >= 11 is 0. The van der Waals surface area contributed by atoms with Gasteiger partial charge >= 0.3 is 0 Å². The van der Waals surface area contributed by atoms with E-state index in [-0.39, 0.29) is 6.04 Å². The number of nitrogens with zero attached hydrogens (tertiary/aromatic N) is 1. The van der Waals surface area contributed by atoms with Crippen LogP contribution in [0, 0.1) is 5.92 Å². The van der Waals surface area contributed by atoms with Gasteiger partial charge in [-0.05, 0) is 42.1 Å². The summed E-state index contributed by atoms with van der Waals surface area (Å²) in [5.74, 6) is 1.63. The molecule has 2 N–H and O–H groups in total. The molecule has 0 fully saturated rings. The molecule has 1 aromatic rings. The molecule has 1 aromatic carbocycles. The Balaban J connectivity index is 2.16. The molecular weight excluding hydrogens is 248 g/mol. The van der Waals surface area contributed by atoms with Crippen LogP contribution in [0.4, 0.5) is 0 Å². The quantitative estimate of drug-likeness (QED) is 0.868. The Hall–Kier alpha value is -1.06.